The molecule has 0 saturated heterocycles. The standard InChI is InChI=1S/C10H12F3NO3/c1-16-8-3-2-7(10(11,12)13)6(9(8)15)4-5-17-14/h2-3,15H,4-5,14H2,1H3. The number of methoxy groups -OCH3 is 1. The molecule has 0 bridgehead atoms. The Bertz CT molecular complexity index is 393. The van der Waals surface area contributed by atoms with Crippen molar-refractivity contribution in [3.63, 3.8) is 0 Å². The summed E-state index contributed by atoms with van der Waals surface area (Å²) in [5.74, 6) is 4.20. The molecule has 0 fully saturated rings. The second-order valence-electron chi connectivity index (χ2n) is 3.26. The van der Waals surface area contributed by atoms with Crippen LogP contribution in [0.25, 0.3) is 0 Å². The Balaban J connectivity index is 3.25. The van der Waals surface area contributed by atoms with Gasteiger partial charge in [-0.1, -0.05) is 0 Å². The maximum absolute atomic E-state index is 12.7. The van der Waals surface area contributed by atoms with E-state index in [-0.39, 0.29) is 24.3 Å². The monoisotopic (exact) mass is 251 g/mol. The molecule has 3 N–H and O–H groups in total. The molecule has 1 aromatic carbocycles. The third-order valence-corrected chi connectivity index (χ3v) is 2.24. The Morgan fingerprint density at radius 3 is 2.47 bits per heavy atom. The number of phenolic OH excluding ortho intramolecular Hbond substituents is 1. The number of aromatic hydroxyl groups is 1. The first-order valence-corrected chi connectivity index (χ1v) is 4.69. The van der Waals surface area contributed by atoms with E-state index in [1.807, 2.05) is 0 Å². The molecule has 17 heavy (non-hydrogen) atoms. The lowest BCUT2D eigenvalue weighted by atomic mass is 10.0. The van der Waals surface area contributed by atoms with E-state index >= 15 is 0 Å². The van der Waals surface area contributed by atoms with E-state index in [0.717, 1.165) is 12.1 Å². The molecule has 0 heterocycles. The van der Waals surface area contributed by atoms with Crippen molar-refractivity contribution in [2.45, 2.75) is 12.6 Å². The molecule has 0 aliphatic rings. The van der Waals surface area contributed by atoms with E-state index < -0.39 is 17.5 Å². The van der Waals surface area contributed by atoms with Crippen LogP contribution < -0.4 is 10.6 Å². The molecule has 0 aliphatic heterocycles. The topological polar surface area (TPSA) is 64.7 Å². The summed E-state index contributed by atoms with van der Waals surface area (Å²) in [4.78, 5) is 4.22. The van der Waals surface area contributed by atoms with Gasteiger partial charge in [-0.2, -0.15) is 13.2 Å². The number of halogens is 3. The summed E-state index contributed by atoms with van der Waals surface area (Å²) in [6.07, 6.45) is -4.71. The molecule has 0 amide bonds. The summed E-state index contributed by atoms with van der Waals surface area (Å²) >= 11 is 0. The summed E-state index contributed by atoms with van der Waals surface area (Å²) in [6.45, 7) is -0.135. The molecule has 7 heteroatoms. The van der Waals surface area contributed by atoms with E-state index in [1.165, 1.54) is 7.11 Å². The number of phenols is 1. The normalized spacial score (nSPS) is 11.6. The van der Waals surface area contributed by atoms with Crippen LogP contribution in [0.15, 0.2) is 12.1 Å². The lowest BCUT2D eigenvalue weighted by Gasteiger charge is -2.15. The third-order valence-electron chi connectivity index (χ3n) is 2.24. The first-order valence-electron chi connectivity index (χ1n) is 4.69. The number of hydrogen-bond acceptors (Lipinski definition) is 4. The van der Waals surface area contributed by atoms with Crippen molar-refractivity contribution in [2.24, 2.45) is 5.90 Å². The van der Waals surface area contributed by atoms with E-state index in [1.54, 1.807) is 0 Å². The van der Waals surface area contributed by atoms with E-state index in [4.69, 9.17) is 10.6 Å². The van der Waals surface area contributed by atoms with Gasteiger partial charge in [-0.05, 0) is 12.1 Å². The van der Waals surface area contributed by atoms with Crippen molar-refractivity contribution in [2.75, 3.05) is 13.7 Å². The molecule has 1 rings (SSSR count). The number of alkyl halides is 3. The summed E-state index contributed by atoms with van der Waals surface area (Å²) in [5, 5.41) is 9.64. The van der Waals surface area contributed by atoms with Gasteiger partial charge in [0.2, 0.25) is 0 Å². The number of benzene rings is 1. The van der Waals surface area contributed by atoms with Crippen molar-refractivity contribution in [3.8, 4) is 11.5 Å². The average molecular weight is 251 g/mol. The molecule has 0 aliphatic carbocycles. The molecular formula is C10H12F3NO3. The summed E-state index contributed by atoms with van der Waals surface area (Å²) < 4.78 is 42.7. The zero-order chi connectivity index (χ0) is 13.1. The van der Waals surface area contributed by atoms with Crippen LogP contribution in [0.1, 0.15) is 11.1 Å². The Hall–Kier alpha value is -1.47. The Labute approximate surface area is 95.7 Å². The number of hydrogen-bond donors (Lipinski definition) is 2. The number of nitrogens with two attached hydrogens (primary N) is 1. The Morgan fingerprint density at radius 2 is 2.00 bits per heavy atom. The van der Waals surface area contributed by atoms with Crippen molar-refractivity contribution in [1.29, 1.82) is 0 Å². The molecule has 1 aromatic rings. The van der Waals surface area contributed by atoms with Crippen molar-refractivity contribution in [3.05, 3.63) is 23.3 Å². The van der Waals surface area contributed by atoms with Crippen LogP contribution >= 0.6 is 0 Å². The molecular weight excluding hydrogens is 239 g/mol. The fourth-order valence-corrected chi connectivity index (χ4v) is 1.46. The van der Waals surface area contributed by atoms with E-state index in [2.05, 4.69) is 4.84 Å². The van der Waals surface area contributed by atoms with Crippen LogP contribution in [0.4, 0.5) is 13.2 Å². The molecule has 0 aromatic heterocycles. The van der Waals surface area contributed by atoms with Crippen LogP contribution in [0, 0.1) is 0 Å². The molecule has 0 spiro atoms. The van der Waals surface area contributed by atoms with Gasteiger partial charge in [0.05, 0.1) is 19.3 Å². The predicted molar refractivity (Wildman–Crippen MR) is 53.5 cm³/mol. The van der Waals surface area contributed by atoms with Crippen LogP contribution in [-0.4, -0.2) is 18.8 Å². The van der Waals surface area contributed by atoms with Gasteiger partial charge in [0.15, 0.2) is 11.5 Å². The van der Waals surface area contributed by atoms with E-state index in [9.17, 15) is 18.3 Å². The van der Waals surface area contributed by atoms with Crippen LogP contribution in [0.3, 0.4) is 0 Å². The first-order chi connectivity index (χ1) is 7.91. The second-order valence-corrected chi connectivity index (χ2v) is 3.26. The second kappa shape index (κ2) is 5.24. The SMILES string of the molecule is COc1ccc(C(F)(F)F)c(CCON)c1O. The van der Waals surface area contributed by atoms with Gasteiger partial charge in [0, 0.05) is 12.0 Å². The predicted octanol–water partition coefficient (Wildman–Crippen LogP) is 1.85. The largest absolute Gasteiger partial charge is 0.504 e. The fourth-order valence-electron chi connectivity index (χ4n) is 1.46. The molecule has 0 saturated carbocycles. The van der Waals surface area contributed by atoms with Gasteiger partial charge in [0.1, 0.15) is 0 Å². The van der Waals surface area contributed by atoms with Gasteiger partial charge < -0.3 is 14.7 Å². The van der Waals surface area contributed by atoms with Crippen LogP contribution in [-0.2, 0) is 17.4 Å². The third kappa shape index (κ3) is 3.01. The minimum atomic E-state index is -4.55. The molecule has 0 radical (unpaired) electrons. The number of ether oxygens (including phenoxy) is 1. The van der Waals surface area contributed by atoms with Gasteiger partial charge in [-0.25, -0.2) is 5.90 Å². The highest BCUT2D eigenvalue weighted by atomic mass is 19.4. The van der Waals surface area contributed by atoms with Gasteiger partial charge >= 0.3 is 6.18 Å². The van der Waals surface area contributed by atoms with Crippen molar-refractivity contribution >= 4 is 0 Å². The smallest absolute Gasteiger partial charge is 0.416 e. The average Bonchev–Trinajstić information content (AvgIpc) is 2.25. The van der Waals surface area contributed by atoms with Gasteiger partial charge in [-0.3, -0.25) is 0 Å². The maximum atomic E-state index is 12.7. The zero-order valence-electron chi connectivity index (χ0n) is 9.04. The lowest BCUT2D eigenvalue weighted by molar-refractivity contribution is -0.138. The molecule has 0 atom stereocenters. The highest BCUT2D eigenvalue weighted by Crippen LogP contribution is 2.40. The molecule has 4 nitrogen and oxygen atoms in total. The first kappa shape index (κ1) is 13.6. The Kier molecular flexibility index (Phi) is 4.19. The summed E-state index contributed by atoms with van der Waals surface area (Å²) in [6, 6.07) is 1.91. The summed E-state index contributed by atoms with van der Waals surface area (Å²) in [7, 11) is 1.26. The highest BCUT2D eigenvalue weighted by Gasteiger charge is 2.35. The lowest BCUT2D eigenvalue weighted by Crippen LogP contribution is -2.12. The maximum Gasteiger partial charge on any atom is 0.416 e. The quantitative estimate of drug-likeness (QED) is 0.801. The molecule has 96 valence electrons. The van der Waals surface area contributed by atoms with Gasteiger partial charge in [0.25, 0.3) is 0 Å². The fraction of sp³-hybridized carbons (Fsp3) is 0.400. The minimum Gasteiger partial charge on any atom is -0.504 e. The minimum absolute atomic E-state index is 0.0231. The van der Waals surface area contributed by atoms with Crippen LogP contribution in [0.2, 0.25) is 0 Å². The number of rotatable bonds is 4. The molecule has 0 unspecified atom stereocenters. The highest BCUT2D eigenvalue weighted by molar-refractivity contribution is 5.50. The summed E-state index contributed by atoms with van der Waals surface area (Å²) in [5.41, 5.74) is -1.21. The van der Waals surface area contributed by atoms with Crippen LogP contribution in [0.5, 0.6) is 11.5 Å². The van der Waals surface area contributed by atoms with Crippen molar-refractivity contribution < 1.29 is 27.9 Å². The van der Waals surface area contributed by atoms with E-state index in [0.29, 0.717) is 0 Å². The zero-order valence-corrected chi connectivity index (χ0v) is 9.04. The Morgan fingerprint density at radius 1 is 1.35 bits per heavy atom. The van der Waals surface area contributed by atoms with Gasteiger partial charge in [-0.15, -0.1) is 0 Å². The van der Waals surface area contributed by atoms with Crippen molar-refractivity contribution in [1.82, 2.24) is 0 Å².